The average molecular weight is 365 g/mol. The Kier molecular flexibility index (Phi) is 4.08. The molecule has 5 rings (SSSR count). The summed E-state index contributed by atoms with van der Waals surface area (Å²) in [6, 6.07) is 0. The van der Waals surface area contributed by atoms with E-state index in [1.54, 1.807) is 0 Å². The van der Waals surface area contributed by atoms with Crippen molar-refractivity contribution in [3.8, 4) is 0 Å². The van der Waals surface area contributed by atoms with Crippen LogP contribution in [0.5, 0.6) is 0 Å². The maximum absolute atomic E-state index is 14.0. The highest BCUT2D eigenvalue weighted by atomic mass is 19.1. The lowest BCUT2D eigenvalue weighted by molar-refractivity contribution is -0.190. The Balaban J connectivity index is 1.37. The van der Waals surface area contributed by atoms with Crippen molar-refractivity contribution in [1.82, 2.24) is 0 Å². The van der Waals surface area contributed by atoms with Crippen LogP contribution in [0.1, 0.15) is 71.6 Å². The first-order valence-electron chi connectivity index (χ1n) is 11.2. The minimum absolute atomic E-state index is 0.156. The van der Waals surface area contributed by atoms with Crippen LogP contribution in [0.25, 0.3) is 0 Å². The molecule has 148 valence electrons. The molecule has 8 atom stereocenters. The highest BCUT2D eigenvalue weighted by Crippen LogP contribution is 2.68. The van der Waals surface area contributed by atoms with E-state index in [2.05, 4.69) is 6.92 Å². The van der Waals surface area contributed by atoms with Crippen LogP contribution in [0.4, 0.5) is 4.39 Å². The second-order valence-electron chi connectivity index (χ2n) is 11.3. The quantitative estimate of drug-likeness (QED) is 0.748. The van der Waals surface area contributed by atoms with E-state index in [1.165, 1.54) is 44.9 Å². The average Bonchev–Trinajstić information content (AvgIpc) is 2.91. The summed E-state index contributed by atoms with van der Waals surface area (Å²) >= 11 is 0. The second kappa shape index (κ2) is 5.92. The lowest BCUT2D eigenvalue weighted by Gasteiger charge is -2.59. The number of halogens is 1. The Hall–Kier alpha value is -0.150. The Labute approximate surface area is 158 Å². The number of alkyl halides is 1. The van der Waals surface area contributed by atoms with E-state index in [0.717, 1.165) is 42.4 Å². The van der Waals surface area contributed by atoms with Crippen LogP contribution >= 0.6 is 0 Å². The molecule has 0 spiro atoms. The Morgan fingerprint density at radius 1 is 0.923 bits per heavy atom. The molecule has 5 aliphatic rings. The highest BCUT2D eigenvalue weighted by molar-refractivity contribution is 5.11. The fourth-order valence-corrected chi connectivity index (χ4v) is 8.82. The Morgan fingerprint density at radius 3 is 2.38 bits per heavy atom. The van der Waals surface area contributed by atoms with E-state index >= 15 is 0 Å². The van der Waals surface area contributed by atoms with Gasteiger partial charge in [-0.25, -0.2) is 0 Å². The summed E-state index contributed by atoms with van der Waals surface area (Å²) in [6.07, 6.45) is 11.1. The van der Waals surface area contributed by atoms with Gasteiger partial charge in [0.25, 0.3) is 0 Å². The lowest BCUT2D eigenvalue weighted by Crippen LogP contribution is -2.57. The first kappa shape index (κ1) is 17.9. The Morgan fingerprint density at radius 2 is 1.69 bits per heavy atom. The molecule has 3 heteroatoms. The normalized spacial score (nSPS) is 55.4. The van der Waals surface area contributed by atoms with Gasteiger partial charge >= 0.3 is 0 Å². The minimum Gasteiger partial charge on any atom is -0.390 e. The molecule has 0 radical (unpaired) electrons. The van der Waals surface area contributed by atoms with E-state index in [1.807, 2.05) is 6.92 Å². The minimum atomic E-state index is -0.423. The largest absolute Gasteiger partial charge is 0.390 e. The number of ether oxygens (including phenoxy) is 1. The van der Waals surface area contributed by atoms with Gasteiger partial charge in [0.05, 0.1) is 25.5 Å². The van der Waals surface area contributed by atoms with E-state index in [9.17, 15) is 9.50 Å². The zero-order chi connectivity index (χ0) is 18.2. The third kappa shape index (κ3) is 2.41. The van der Waals surface area contributed by atoms with E-state index < -0.39 is 5.60 Å². The molecule has 26 heavy (non-hydrogen) atoms. The van der Waals surface area contributed by atoms with Crippen molar-refractivity contribution in [3.63, 3.8) is 0 Å². The highest BCUT2D eigenvalue weighted by Gasteiger charge is 2.63. The van der Waals surface area contributed by atoms with Crippen molar-refractivity contribution in [3.05, 3.63) is 0 Å². The standard InChI is InChI=1S/C23H37FO2/c1-21(25)9-7-16-15(11-21)3-4-18-17(16)8-10-22(2)19(18)5-6-20(22)23(12-24)13-26-14-23/h15-20,25H,3-14H2,1-2H3/t15-,16+,17-,18-,19+,20+,21-,22+/m1/s1. The molecule has 2 nitrogen and oxygen atoms in total. The molecule has 0 aromatic heterocycles. The van der Waals surface area contributed by atoms with Crippen LogP contribution in [-0.4, -0.2) is 30.6 Å². The molecule has 1 saturated heterocycles. The summed E-state index contributed by atoms with van der Waals surface area (Å²) in [5.74, 6) is 4.67. The molecule has 0 amide bonds. The van der Waals surface area contributed by atoms with Crippen molar-refractivity contribution < 1.29 is 14.2 Å². The fraction of sp³-hybridized carbons (Fsp3) is 1.00. The van der Waals surface area contributed by atoms with Gasteiger partial charge in [0, 0.05) is 5.41 Å². The fourth-order valence-electron chi connectivity index (χ4n) is 8.82. The molecule has 4 aliphatic carbocycles. The molecule has 4 saturated carbocycles. The maximum atomic E-state index is 14.0. The van der Waals surface area contributed by atoms with E-state index in [-0.39, 0.29) is 12.1 Å². The summed E-state index contributed by atoms with van der Waals surface area (Å²) in [6.45, 7) is 5.69. The summed E-state index contributed by atoms with van der Waals surface area (Å²) in [5, 5.41) is 10.5. The number of fused-ring (bicyclic) bond motifs is 5. The van der Waals surface area contributed by atoms with Crippen molar-refractivity contribution in [2.24, 2.45) is 46.3 Å². The van der Waals surface area contributed by atoms with Crippen LogP contribution in [-0.2, 0) is 4.74 Å². The van der Waals surface area contributed by atoms with E-state index in [4.69, 9.17) is 4.74 Å². The zero-order valence-corrected chi connectivity index (χ0v) is 16.7. The van der Waals surface area contributed by atoms with Gasteiger partial charge in [-0.15, -0.1) is 0 Å². The molecule has 0 aromatic rings. The molecule has 0 unspecified atom stereocenters. The van der Waals surface area contributed by atoms with Crippen LogP contribution in [0.15, 0.2) is 0 Å². The van der Waals surface area contributed by atoms with Gasteiger partial charge in [-0.2, -0.15) is 0 Å². The number of rotatable bonds is 2. The smallest absolute Gasteiger partial charge is 0.0997 e. The summed E-state index contributed by atoms with van der Waals surface area (Å²) in [4.78, 5) is 0. The molecular formula is C23H37FO2. The summed E-state index contributed by atoms with van der Waals surface area (Å²) in [5.41, 5.74) is -0.242. The third-order valence-corrected chi connectivity index (χ3v) is 10.0. The van der Waals surface area contributed by atoms with Crippen LogP contribution in [0, 0.1) is 46.3 Å². The molecular weight excluding hydrogens is 327 g/mol. The van der Waals surface area contributed by atoms with Gasteiger partial charge < -0.3 is 9.84 Å². The Bertz CT molecular complexity index is 551. The first-order chi connectivity index (χ1) is 12.4. The SMILES string of the molecule is C[C@@]1(O)CC[C@H]2[C@H](CC[C@@H]3[C@@H]2CC[C@]2(C)[C@@H](C4(CF)COC4)CC[C@@H]32)C1. The van der Waals surface area contributed by atoms with Crippen molar-refractivity contribution in [2.75, 3.05) is 19.9 Å². The predicted octanol–water partition coefficient (Wildman–Crippen LogP) is 4.99. The van der Waals surface area contributed by atoms with Gasteiger partial charge in [0.15, 0.2) is 0 Å². The lowest BCUT2D eigenvalue weighted by atomic mass is 9.47. The van der Waals surface area contributed by atoms with Gasteiger partial charge in [0.1, 0.15) is 0 Å². The number of hydrogen-bond donors (Lipinski definition) is 1. The third-order valence-electron chi connectivity index (χ3n) is 10.0. The molecule has 0 bridgehead atoms. The number of aliphatic hydroxyl groups is 1. The van der Waals surface area contributed by atoms with Crippen LogP contribution in [0.2, 0.25) is 0 Å². The van der Waals surface area contributed by atoms with Gasteiger partial charge in [-0.05, 0) is 106 Å². The second-order valence-corrected chi connectivity index (χ2v) is 11.3. The topological polar surface area (TPSA) is 29.5 Å². The maximum Gasteiger partial charge on any atom is 0.0997 e. The molecule has 1 N–H and O–H groups in total. The molecule has 5 fully saturated rings. The van der Waals surface area contributed by atoms with Gasteiger partial charge in [-0.1, -0.05) is 6.92 Å². The monoisotopic (exact) mass is 364 g/mol. The van der Waals surface area contributed by atoms with Crippen LogP contribution < -0.4 is 0 Å². The zero-order valence-electron chi connectivity index (χ0n) is 16.7. The van der Waals surface area contributed by atoms with Crippen molar-refractivity contribution in [1.29, 1.82) is 0 Å². The van der Waals surface area contributed by atoms with Crippen molar-refractivity contribution >= 4 is 0 Å². The van der Waals surface area contributed by atoms with Gasteiger partial charge in [0.2, 0.25) is 0 Å². The van der Waals surface area contributed by atoms with Crippen molar-refractivity contribution in [2.45, 2.75) is 77.2 Å². The molecule has 1 heterocycles. The van der Waals surface area contributed by atoms with Gasteiger partial charge in [-0.3, -0.25) is 4.39 Å². The number of hydrogen-bond acceptors (Lipinski definition) is 2. The molecule has 1 aliphatic heterocycles. The van der Waals surface area contributed by atoms with E-state index in [0.29, 0.717) is 24.5 Å². The summed E-state index contributed by atoms with van der Waals surface area (Å²) < 4.78 is 19.5. The molecule has 0 aromatic carbocycles. The summed E-state index contributed by atoms with van der Waals surface area (Å²) in [7, 11) is 0. The first-order valence-corrected chi connectivity index (χ1v) is 11.2. The van der Waals surface area contributed by atoms with Crippen LogP contribution in [0.3, 0.4) is 0 Å². The predicted molar refractivity (Wildman–Crippen MR) is 100 cm³/mol.